The second-order valence-corrected chi connectivity index (χ2v) is 5.17. The maximum Gasteiger partial charge on any atom is 0.321 e. The molecule has 1 aliphatic carbocycles. The van der Waals surface area contributed by atoms with Gasteiger partial charge in [-0.25, -0.2) is 0 Å². The van der Waals surface area contributed by atoms with Gasteiger partial charge in [-0.2, -0.15) is 0 Å². The molecule has 0 radical (unpaired) electrons. The van der Waals surface area contributed by atoms with E-state index in [0.29, 0.717) is 5.92 Å². The van der Waals surface area contributed by atoms with Crippen LogP contribution in [0.5, 0.6) is 0 Å². The van der Waals surface area contributed by atoms with Gasteiger partial charge >= 0.3 is 5.97 Å². The summed E-state index contributed by atoms with van der Waals surface area (Å²) >= 11 is 0. The normalized spacial score (nSPS) is 29.1. The maximum atomic E-state index is 11.5. The van der Waals surface area contributed by atoms with Crippen LogP contribution in [0.1, 0.15) is 19.3 Å². The van der Waals surface area contributed by atoms with Crippen LogP contribution in [0.3, 0.4) is 0 Å². The number of nitrogens with zero attached hydrogens (tertiary/aromatic N) is 2. The van der Waals surface area contributed by atoms with Crippen LogP contribution in [0.2, 0.25) is 0 Å². The first-order valence-corrected chi connectivity index (χ1v) is 6.49. The molecule has 2 rings (SSSR count). The largest absolute Gasteiger partial charge is 0.480 e. The number of likely N-dealkylation sites (N-methyl/N-ethyl adjacent to an activating group) is 1. The van der Waals surface area contributed by atoms with Crippen molar-refractivity contribution in [1.29, 1.82) is 0 Å². The standard InChI is InChI=1S/C13H22N2O2/c1-14-7-9-15(10-8-14)12(13(16)17)11-5-3-2-4-6-11/h2-3,11-12H,4-10H2,1H3,(H,16,17). The Labute approximate surface area is 103 Å². The lowest BCUT2D eigenvalue weighted by atomic mass is 9.86. The molecule has 0 bridgehead atoms. The van der Waals surface area contributed by atoms with Crippen LogP contribution in [-0.2, 0) is 4.79 Å². The minimum Gasteiger partial charge on any atom is -0.480 e. The molecule has 0 aromatic carbocycles. The molecule has 4 nitrogen and oxygen atoms in total. The van der Waals surface area contributed by atoms with Gasteiger partial charge < -0.3 is 10.0 Å². The number of carboxylic acids is 1. The molecule has 4 heteroatoms. The number of rotatable bonds is 3. The van der Waals surface area contributed by atoms with Crippen molar-refractivity contribution >= 4 is 5.97 Å². The van der Waals surface area contributed by atoms with E-state index in [1.54, 1.807) is 0 Å². The zero-order valence-corrected chi connectivity index (χ0v) is 10.5. The lowest BCUT2D eigenvalue weighted by molar-refractivity contribution is -0.146. The Balaban J connectivity index is 2.01. The number of piperazine rings is 1. The fourth-order valence-corrected chi connectivity index (χ4v) is 2.86. The number of carbonyl (C=O) groups is 1. The van der Waals surface area contributed by atoms with E-state index in [4.69, 9.17) is 0 Å². The molecule has 1 N–H and O–H groups in total. The van der Waals surface area contributed by atoms with Gasteiger partial charge in [-0.15, -0.1) is 0 Å². The highest BCUT2D eigenvalue weighted by Crippen LogP contribution is 2.26. The summed E-state index contributed by atoms with van der Waals surface area (Å²) in [7, 11) is 2.09. The van der Waals surface area contributed by atoms with Crippen molar-refractivity contribution < 1.29 is 9.90 Å². The van der Waals surface area contributed by atoms with Crippen molar-refractivity contribution in [3.8, 4) is 0 Å². The summed E-state index contributed by atoms with van der Waals surface area (Å²) in [5.74, 6) is -0.351. The van der Waals surface area contributed by atoms with E-state index in [1.165, 1.54) is 0 Å². The second-order valence-electron chi connectivity index (χ2n) is 5.17. The molecule has 2 aliphatic rings. The minimum absolute atomic E-state index is 0.284. The highest BCUT2D eigenvalue weighted by molar-refractivity contribution is 5.74. The third-order valence-corrected chi connectivity index (χ3v) is 3.94. The second kappa shape index (κ2) is 5.65. The topological polar surface area (TPSA) is 43.8 Å². The van der Waals surface area contributed by atoms with Crippen molar-refractivity contribution in [3.63, 3.8) is 0 Å². The summed E-state index contributed by atoms with van der Waals surface area (Å²) in [5.41, 5.74) is 0. The lowest BCUT2D eigenvalue weighted by Crippen LogP contribution is -2.54. The monoisotopic (exact) mass is 238 g/mol. The molecular weight excluding hydrogens is 216 g/mol. The van der Waals surface area contributed by atoms with Gasteiger partial charge in [-0.3, -0.25) is 9.69 Å². The van der Waals surface area contributed by atoms with Crippen LogP contribution in [-0.4, -0.2) is 60.1 Å². The third-order valence-electron chi connectivity index (χ3n) is 3.94. The Bertz CT molecular complexity index is 296. The van der Waals surface area contributed by atoms with Gasteiger partial charge in [-0.05, 0) is 32.2 Å². The molecule has 0 spiro atoms. The molecule has 1 heterocycles. The van der Waals surface area contributed by atoms with Crippen LogP contribution in [0, 0.1) is 5.92 Å². The van der Waals surface area contributed by atoms with Gasteiger partial charge in [0, 0.05) is 26.2 Å². The zero-order chi connectivity index (χ0) is 12.3. The number of aliphatic carboxylic acids is 1. The highest BCUT2D eigenvalue weighted by atomic mass is 16.4. The fourth-order valence-electron chi connectivity index (χ4n) is 2.86. The summed E-state index contributed by atoms with van der Waals surface area (Å²) in [6.07, 6.45) is 7.27. The van der Waals surface area contributed by atoms with Crippen molar-refractivity contribution in [2.24, 2.45) is 5.92 Å². The van der Waals surface area contributed by atoms with Crippen LogP contribution >= 0.6 is 0 Å². The minimum atomic E-state index is -0.644. The summed E-state index contributed by atoms with van der Waals surface area (Å²) in [6.45, 7) is 3.72. The highest BCUT2D eigenvalue weighted by Gasteiger charge is 2.34. The summed E-state index contributed by atoms with van der Waals surface area (Å²) in [4.78, 5) is 15.9. The third kappa shape index (κ3) is 3.07. The first kappa shape index (κ1) is 12.6. The first-order chi connectivity index (χ1) is 8.18. The quantitative estimate of drug-likeness (QED) is 0.746. The van der Waals surface area contributed by atoms with Gasteiger partial charge in [-0.1, -0.05) is 12.2 Å². The van der Waals surface area contributed by atoms with E-state index in [0.717, 1.165) is 45.4 Å². The fraction of sp³-hybridized carbons (Fsp3) is 0.769. The molecule has 2 unspecified atom stereocenters. The van der Waals surface area contributed by atoms with Gasteiger partial charge in [0.2, 0.25) is 0 Å². The average molecular weight is 238 g/mol. The molecule has 0 saturated carbocycles. The Morgan fingerprint density at radius 3 is 2.53 bits per heavy atom. The zero-order valence-electron chi connectivity index (χ0n) is 10.5. The van der Waals surface area contributed by atoms with Gasteiger partial charge in [0.25, 0.3) is 0 Å². The van der Waals surface area contributed by atoms with Crippen LogP contribution in [0.15, 0.2) is 12.2 Å². The molecule has 0 aromatic rings. The Morgan fingerprint density at radius 2 is 2.00 bits per heavy atom. The van der Waals surface area contributed by atoms with Crippen molar-refractivity contribution in [1.82, 2.24) is 9.80 Å². The lowest BCUT2D eigenvalue weighted by Gasteiger charge is -2.39. The van der Waals surface area contributed by atoms with E-state index >= 15 is 0 Å². The van der Waals surface area contributed by atoms with Crippen LogP contribution in [0.25, 0.3) is 0 Å². The van der Waals surface area contributed by atoms with E-state index in [2.05, 4.69) is 29.0 Å². The van der Waals surface area contributed by atoms with Crippen LogP contribution in [0.4, 0.5) is 0 Å². The van der Waals surface area contributed by atoms with E-state index in [-0.39, 0.29) is 6.04 Å². The number of allylic oxidation sites excluding steroid dienone is 2. The van der Waals surface area contributed by atoms with E-state index < -0.39 is 5.97 Å². The number of carboxylic acid groups (broad SMARTS) is 1. The Morgan fingerprint density at radius 1 is 1.29 bits per heavy atom. The molecule has 96 valence electrons. The first-order valence-electron chi connectivity index (χ1n) is 6.49. The van der Waals surface area contributed by atoms with E-state index in [1.807, 2.05) is 0 Å². The molecular formula is C13H22N2O2. The molecule has 1 saturated heterocycles. The van der Waals surface area contributed by atoms with Crippen LogP contribution < -0.4 is 0 Å². The molecule has 0 aromatic heterocycles. The number of hydrogen-bond acceptors (Lipinski definition) is 3. The molecule has 2 atom stereocenters. The van der Waals surface area contributed by atoms with Crippen molar-refractivity contribution in [3.05, 3.63) is 12.2 Å². The van der Waals surface area contributed by atoms with E-state index in [9.17, 15) is 9.90 Å². The van der Waals surface area contributed by atoms with Crippen molar-refractivity contribution in [2.75, 3.05) is 33.2 Å². The summed E-state index contributed by atoms with van der Waals surface area (Å²) in [5, 5.41) is 9.46. The maximum absolute atomic E-state index is 11.5. The predicted molar refractivity (Wildman–Crippen MR) is 67.0 cm³/mol. The molecule has 0 amide bonds. The summed E-state index contributed by atoms with van der Waals surface area (Å²) in [6, 6.07) is -0.284. The van der Waals surface area contributed by atoms with Gasteiger partial charge in [0.1, 0.15) is 6.04 Å². The Hall–Kier alpha value is -0.870. The Kier molecular flexibility index (Phi) is 4.18. The SMILES string of the molecule is CN1CCN(C(C(=O)O)C2CC=CCC2)CC1. The smallest absolute Gasteiger partial charge is 0.321 e. The summed E-state index contributed by atoms with van der Waals surface area (Å²) < 4.78 is 0. The molecule has 1 aliphatic heterocycles. The number of hydrogen-bond donors (Lipinski definition) is 1. The van der Waals surface area contributed by atoms with Gasteiger partial charge in [0.15, 0.2) is 0 Å². The van der Waals surface area contributed by atoms with Crippen molar-refractivity contribution in [2.45, 2.75) is 25.3 Å². The molecule has 17 heavy (non-hydrogen) atoms. The molecule has 1 fully saturated rings. The average Bonchev–Trinajstić information content (AvgIpc) is 2.33. The predicted octanol–water partition coefficient (Wildman–Crippen LogP) is 1.04. The van der Waals surface area contributed by atoms with Gasteiger partial charge in [0.05, 0.1) is 0 Å².